The lowest BCUT2D eigenvalue weighted by Gasteiger charge is -2.00. The van der Waals surface area contributed by atoms with Crippen LogP contribution in [0.25, 0.3) is 0 Å². The molecule has 4 N–H and O–H groups in total. The SMILES string of the molecule is Cl.OCCNNCCO. The van der Waals surface area contributed by atoms with E-state index in [-0.39, 0.29) is 25.6 Å². The fraction of sp³-hybridized carbons (Fsp3) is 1.00. The number of rotatable bonds is 5. The van der Waals surface area contributed by atoms with Crippen molar-refractivity contribution in [3.05, 3.63) is 0 Å². The molecule has 4 nitrogen and oxygen atoms in total. The van der Waals surface area contributed by atoms with Gasteiger partial charge >= 0.3 is 0 Å². The molecule has 0 atom stereocenters. The van der Waals surface area contributed by atoms with Gasteiger partial charge in [-0.1, -0.05) is 0 Å². The largest absolute Gasteiger partial charge is 0.395 e. The first kappa shape index (κ1) is 11.9. The van der Waals surface area contributed by atoms with Crippen molar-refractivity contribution in [3.8, 4) is 0 Å². The van der Waals surface area contributed by atoms with Crippen LogP contribution in [0, 0.1) is 0 Å². The Morgan fingerprint density at radius 2 is 1.22 bits per heavy atom. The number of hydrogen-bond donors (Lipinski definition) is 4. The van der Waals surface area contributed by atoms with Crippen molar-refractivity contribution in [2.75, 3.05) is 26.3 Å². The van der Waals surface area contributed by atoms with Crippen molar-refractivity contribution < 1.29 is 10.2 Å². The molecule has 0 spiro atoms. The van der Waals surface area contributed by atoms with E-state index in [2.05, 4.69) is 10.9 Å². The summed E-state index contributed by atoms with van der Waals surface area (Å²) >= 11 is 0. The van der Waals surface area contributed by atoms with E-state index in [0.29, 0.717) is 13.1 Å². The molecule has 0 heterocycles. The zero-order valence-electron chi connectivity index (χ0n) is 5.13. The minimum absolute atomic E-state index is 0. The van der Waals surface area contributed by atoms with Gasteiger partial charge in [-0.15, -0.1) is 12.4 Å². The molecule has 5 heteroatoms. The second-order valence-corrected chi connectivity index (χ2v) is 1.30. The fourth-order valence-electron chi connectivity index (χ4n) is 0.289. The summed E-state index contributed by atoms with van der Waals surface area (Å²) in [7, 11) is 0. The lowest BCUT2D eigenvalue weighted by molar-refractivity contribution is 0.261. The van der Waals surface area contributed by atoms with Crippen LogP contribution in [0.1, 0.15) is 0 Å². The predicted molar refractivity (Wildman–Crippen MR) is 37.4 cm³/mol. The average Bonchev–Trinajstić information content (AvgIpc) is 1.81. The third-order valence-electron chi connectivity index (χ3n) is 0.599. The molecular formula is C4H13ClN2O2. The van der Waals surface area contributed by atoms with Crippen molar-refractivity contribution in [1.29, 1.82) is 0 Å². The van der Waals surface area contributed by atoms with Crippen LogP contribution in [0.15, 0.2) is 0 Å². The molecule has 0 unspecified atom stereocenters. The number of aliphatic hydroxyl groups excluding tert-OH is 2. The molecule has 0 bridgehead atoms. The van der Waals surface area contributed by atoms with E-state index in [1.807, 2.05) is 0 Å². The van der Waals surface area contributed by atoms with Gasteiger partial charge in [-0.25, -0.2) is 0 Å². The van der Waals surface area contributed by atoms with Gasteiger partial charge in [0.1, 0.15) is 0 Å². The lowest BCUT2D eigenvalue weighted by atomic mass is 10.7. The molecule has 0 aliphatic heterocycles. The Balaban J connectivity index is 0. The summed E-state index contributed by atoms with van der Waals surface area (Å²) in [5, 5.41) is 16.4. The first-order valence-corrected chi connectivity index (χ1v) is 2.59. The Labute approximate surface area is 60.6 Å². The standard InChI is InChI=1S/C4H12N2O2.ClH/c7-3-1-5-6-2-4-8;/h5-8H,1-4H2;1H. The number of nitrogens with one attached hydrogen (secondary N) is 2. The highest BCUT2D eigenvalue weighted by Gasteiger charge is 1.79. The molecule has 0 amide bonds. The normalized spacial score (nSPS) is 8.67. The van der Waals surface area contributed by atoms with Crippen LogP contribution in [0.2, 0.25) is 0 Å². The summed E-state index contributed by atoms with van der Waals surface area (Å²) in [5.41, 5.74) is 5.35. The maximum atomic E-state index is 8.20. The van der Waals surface area contributed by atoms with Crippen LogP contribution in [0.5, 0.6) is 0 Å². The van der Waals surface area contributed by atoms with E-state index in [1.165, 1.54) is 0 Å². The summed E-state index contributed by atoms with van der Waals surface area (Å²) < 4.78 is 0. The summed E-state index contributed by atoms with van der Waals surface area (Å²) in [6.07, 6.45) is 0. The van der Waals surface area contributed by atoms with Crippen molar-refractivity contribution in [1.82, 2.24) is 10.9 Å². The second kappa shape index (κ2) is 11.0. The van der Waals surface area contributed by atoms with Gasteiger partial charge in [-0.05, 0) is 0 Å². The Kier molecular flexibility index (Phi) is 14.5. The zero-order valence-corrected chi connectivity index (χ0v) is 5.95. The molecule has 9 heavy (non-hydrogen) atoms. The monoisotopic (exact) mass is 156 g/mol. The van der Waals surface area contributed by atoms with Gasteiger partial charge < -0.3 is 10.2 Å². The van der Waals surface area contributed by atoms with Crippen LogP contribution in [-0.4, -0.2) is 36.5 Å². The minimum Gasteiger partial charge on any atom is -0.395 e. The van der Waals surface area contributed by atoms with E-state index in [0.717, 1.165) is 0 Å². The number of hydrogen-bond acceptors (Lipinski definition) is 4. The van der Waals surface area contributed by atoms with Crippen LogP contribution in [0.3, 0.4) is 0 Å². The molecule has 0 aromatic rings. The highest BCUT2D eigenvalue weighted by atomic mass is 35.5. The van der Waals surface area contributed by atoms with Crippen LogP contribution >= 0.6 is 12.4 Å². The number of aliphatic hydroxyl groups is 2. The van der Waals surface area contributed by atoms with Gasteiger partial charge in [0.2, 0.25) is 0 Å². The van der Waals surface area contributed by atoms with E-state index in [1.54, 1.807) is 0 Å². The Bertz CT molecular complexity index is 41.5. The van der Waals surface area contributed by atoms with Crippen molar-refractivity contribution in [2.45, 2.75) is 0 Å². The summed E-state index contributed by atoms with van der Waals surface area (Å²) in [6, 6.07) is 0. The first-order chi connectivity index (χ1) is 3.91. The van der Waals surface area contributed by atoms with Crippen LogP contribution in [0.4, 0.5) is 0 Å². The number of hydrazine groups is 1. The predicted octanol–water partition coefficient (Wildman–Crippen LogP) is -1.51. The lowest BCUT2D eigenvalue weighted by Crippen LogP contribution is -2.35. The topological polar surface area (TPSA) is 64.5 Å². The van der Waals surface area contributed by atoms with E-state index >= 15 is 0 Å². The first-order valence-electron chi connectivity index (χ1n) is 2.59. The van der Waals surface area contributed by atoms with Gasteiger partial charge in [0.05, 0.1) is 13.2 Å². The van der Waals surface area contributed by atoms with Crippen molar-refractivity contribution in [2.24, 2.45) is 0 Å². The molecule has 0 aliphatic carbocycles. The highest BCUT2D eigenvalue weighted by molar-refractivity contribution is 5.85. The molecule has 0 rings (SSSR count). The number of halogens is 1. The molecule has 0 radical (unpaired) electrons. The summed E-state index contributed by atoms with van der Waals surface area (Å²) in [4.78, 5) is 0. The second-order valence-electron chi connectivity index (χ2n) is 1.30. The Morgan fingerprint density at radius 1 is 0.889 bits per heavy atom. The molecule has 0 aromatic carbocycles. The Morgan fingerprint density at radius 3 is 1.44 bits per heavy atom. The van der Waals surface area contributed by atoms with Crippen molar-refractivity contribution >= 4 is 12.4 Å². The molecule has 0 aliphatic rings. The van der Waals surface area contributed by atoms with E-state index in [9.17, 15) is 0 Å². The van der Waals surface area contributed by atoms with Gasteiger partial charge in [0.15, 0.2) is 0 Å². The molecular weight excluding hydrogens is 144 g/mol. The molecule has 58 valence electrons. The average molecular weight is 157 g/mol. The fourth-order valence-corrected chi connectivity index (χ4v) is 0.289. The third-order valence-corrected chi connectivity index (χ3v) is 0.599. The van der Waals surface area contributed by atoms with Gasteiger partial charge in [0.25, 0.3) is 0 Å². The maximum absolute atomic E-state index is 8.20. The molecule has 0 saturated heterocycles. The van der Waals surface area contributed by atoms with Crippen LogP contribution in [-0.2, 0) is 0 Å². The minimum atomic E-state index is 0. The van der Waals surface area contributed by atoms with Gasteiger partial charge in [-0.2, -0.15) is 0 Å². The van der Waals surface area contributed by atoms with Gasteiger partial charge in [0, 0.05) is 13.1 Å². The summed E-state index contributed by atoms with van der Waals surface area (Å²) in [6.45, 7) is 1.25. The smallest absolute Gasteiger partial charge is 0.0569 e. The third kappa shape index (κ3) is 11.6. The zero-order chi connectivity index (χ0) is 6.24. The maximum Gasteiger partial charge on any atom is 0.0569 e. The molecule has 0 fully saturated rings. The Hall–Kier alpha value is 0.130. The van der Waals surface area contributed by atoms with Crippen LogP contribution < -0.4 is 10.9 Å². The highest BCUT2D eigenvalue weighted by Crippen LogP contribution is 1.50. The molecule has 0 aromatic heterocycles. The van der Waals surface area contributed by atoms with E-state index in [4.69, 9.17) is 10.2 Å². The quantitative estimate of drug-likeness (QED) is 0.289. The van der Waals surface area contributed by atoms with Crippen molar-refractivity contribution in [3.63, 3.8) is 0 Å². The van der Waals surface area contributed by atoms with Gasteiger partial charge in [-0.3, -0.25) is 10.9 Å². The van der Waals surface area contributed by atoms with E-state index < -0.39 is 0 Å². The molecule has 0 saturated carbocycles. The summed E-state index contributed by atoms with van der Waals surface area (Å²) in [5.74, 6) is 0.